The number of anilines is 1. The highest BCUT2D eigenvalue weighted by atomic mass is 32.2. The zero-order valence-electron chi connectivity index (χ0n) is 13.3. The summed E-state index contributed by atoms with van der Waals surface area (Å²) in [6, 6.07) is 9.22. The van der Waals surface area contributed by atoms with Crippen molar-refractivity contribution in [2.24, 2.45) is 7.05 Å². The van der Waals surface area contributed by atoms with Gasteiger partial charge in [-0.2, -0.15) is 5.10 Å². The van der Waals surface area contributed by atoms with E-state index in [1.54, 1.807) is 24.2 Å². The Balaban J connectivity index is 1.49. The van der Waals surface area contributed by atoms with E-state index < -0.39 is 15.3 Å². The molecule has 2 aliphatic rings. The Morgan fingerprint density at radius 3 is 2.67 bits per heavy atom. The molecule has 2 aliphatic heterocycles. The maximum absolute atomic E-state index is 12.9. The fourth-order valence-corrected chi connectivity index (χ4v) is 5.18. The third-order valence-corrected chi connectivity index (χ3v) is 6.88. The van der Waals surface area contributed by atoms with Crippen LogP contribution in [0.2, 0.25) is 0 Å². The van der Waals surface area contributed by atoms with Crippen molar-refractivity contribution in [1.29, 1.82) is 0 Å². The molecule has 0 bridgehead atoms. The van der Waals surface area contributed by atoms with Gasteiger partial charge in [0, 0.05) is 32.9 Å². The third kappa shape index (κ3) is 2.21. The molecule has 7 nitrogen and oxygen atoms in total. The molecule has 24 heavy (non-hydrogen) atoms. The first-order chi connectivity index (χ1) is 11.5. The Morgan fingerprint density at radius 2 is 1.96 bits per heavy atom. The van der Waals surface area contributed by atoms with Gasteiger partial charge in [0.1, 0.15) is 10.9 Å². The van der Waals surface area contributed by atoms with Crippen molar-refractivity contribution >= 4 is 21.6 Å². The molecular weight excluding hydrogens is 328 g/mol. The van der Waals surface area contributed by atoms with Crippen molar-refractivity contribution in [2.75, 3.05) is 23.9 Å². The summed E-state index contributed by atoms with van der Waals surface area (Å²) < 4.78 is 28.7. The molecule has 8 heteroatoms. The van der Waals surface area contributed by atoms with Crippen LogP contribution < -0.4 is 4.31 Å². The van der Waals surface area contributed by atoms with E-state index in [0.29, 0.717) is 12.2 Å². The van der Waals surface area contributed by atoms with Crippen molar-refractivity contribution in [1.82, 2.24) is 14.7 Å². The molecule has 4 rings (SSSR count). The summed E-state index contributed by atoms with van der Waals surface area (Å²) in [5, 5.41) is 3.44. The molecule has 0 aliphatic carbocycles. The van der Waals surface area contributed by atoms with Crippen LogP contribution in [0, 0.1) is 0 Å². The van der Waals surface area contributed by atoms with E-state index >= 15 is 0 Å². The molecule has 1 aromatic carbocycles. The van der Waals surface area contributed by atoms with Crippen molar-refractivity contribution < 1.29 is 13.2 Å². The molecule has 0 N–H and O–H groups in total. The number of carbonyl (C=O) groups is 1. The number of carbonyl (C=O) groups excluding carboxylic acids is 1. The van der Waals surface area contributed by atoms with E-state index in [0.717, 1.165) is 17.7 Å². The number of likely N-dealkylation sites (tertiary alicyclic amines) is 1. The second-order valence-corrected chi connectivity index (χ2v) is 8.31. The van der Waals surface area contributed by atoms with Crippen molar-refractivity contribution in [3.63, 3.8) is 0 Å². The fourth-order valence-electron chi connectivity index (χ4n) is 3.29. The van der Waals surface area contributed by atoms with Gasteiger partial charge in [-0.25, -0.2) is 8.42 Å². The summed E-state index contributed by atoms with van der Waals surface area (Å²) >= 11 is 0. The molecule has 1 saturated heterocycles. The molecule has 0 atom stereocenters. The highest BCUT2D eigenvalue weighted by Gasteiger charge is 2.44. The lowest BCUT2D eigenvalue weighted by atomic mass is 10.2. The minimum Gasteiger partial charge on any atom is -0.334 e. The first-order valence-electron chi connectivity index (χ1n) is 7.85. The predicted molar refractivity (Wildman–Crippen MR) is 89.3 cm³/mol. The molecule has 0 unspecified atom stereocenters. The predicted octanol–water partition coefficient (Wildman–Crippen LogP) is 0.637. The summed E-state index contributed by atoms with van der Waals surface area (Å²) in [7, 11) is -1.75. The number of amides is 1. The van der Waals surface area contributed by atoms with Crippen LogP contribution in [0.25, 0.3) is 0 Å². The number of sulfonamides is 1. The first-order valence-corrected chi connectivity index (χ1v) is 9.35. The number of rotatable bonds is 3. The summed E-state index contributed by atoms with van der Waals surface area (Å²) in [4.78, 5) is 13.9. The summed E-state index contributed by atoms with van der Waals surface area (Å²) in [6.45, 7) is 0.934. The number of para-hydroxylation sites is 1. The van der Waals surface area contributed by atoms with Crippen LogP contribution in [0.15, 0.2) is 36.5 Å². The largest absolute Gasteiger partial charge is 0.334 e. The van der Waals surface area contributed by atoms with E-state index in [9.17, 15) is 13.2 Å². The van der Waals surface area contributed by atoms with E-state index in [-0.39, 0.29) is 19.0 Å². The lowest BCUT2D eigenvalue weighted by Gasteiger charge is -2.40. The second-order valence-electron chi connectivity index (χ2n) is 6.17. The summed E-state index contributed by atoms with van der Waals surface area (Å²) in [5.41, 5.74) is 2.30. The molecule has 1 aromatic heterocycles. The van der Waals surface area contributed by atoms with E-state index in [4.69, 9.17) is 0 Å². The van der Waals surface area contributed by atoms with Crippen molar-refractivity contribution in [3.05, 3.63) is 47.8 Å². The van der Waals surface area contributed by atoms with E-state index in [1.807, 2.05) is 24.3 Å². The van der Waals surface area contributed by atoms with Gasteiger partial charge in [0.25, 0.3) is 5.91 Å². The minimum absolute atomic E-state index is 0.178. The second kappa shape index (κ2) is 5.34. The van der Waals surface area contributed by atoms with E-state index in [1.165, 1.54) is 8.99 Å². The van der Waals surface area contributed by atoms with Gasteiger partial charge in [-0.05, 0) is 24.1 Å². The lowest BCUT2D eigenvalue weighted by molar-refractivity contribution is 0.0647. The average molecular weight is 346 g/mol. The van der Waals surface area contributed by atoms with Crippen LogP contribution in [0.1, 0.15) is 16.1 Å². The van der Waals surface area contributed by atoms with Gasteiger partial charge in [-0.1, -0.05) is 18.2 Å². The van der Waals surface area contributed by atoms with Crippen LogP contribution in [-0.2, 0) is 23.5 Å². The van der Waals surface area contributed by atoms with Gasteiger partial charge in [0.15, 0.2) is 0 Å². The monoisotopic (exact) mass is 346 g/mol. The van der Waals surface area contributed by atoms with Crippen LogP contribution >= 0.6 is 0 Å². The molecule has 0 saturated carbocycles. The van der Waals surface area contributed by atoms with Gasteiger partial charge in [-0.15, -0.1) is 0 Å². The Morgan fingerprint density at radius 1 is 1.21 bits per heavy atom. The molecule has 0 radical (unpaired) electrons. The van der Waals surface area contributed by atoms with Crippen LogP contribution in [-0.4, -0.2) is 53.9 Å². The number of hydrogen-bond acceptors (Lipinski definition) is 4. The molecule has 1 amide bonds. The van der Waals surface area contributed by atoms with Crippen LogP contribution in [0.4, 0.5) is 5.69 Å². The summed E-state index contributed by atoms with van der Waals surface area (Å²) in [6.07, 6.45) is 2.29. The third-order valence-electron chi connectivity index (χ3n) is 4.75. The van der Waals surface area contributed by atoms with Crippen LogP contribution in [0.5, 0.6) is 0 Å². The van der Waals surface area contributed by atoms with Crippen molar-refractivity contribution in [3.8, 4) is 0 Å². The lowest BCUT2D eigenvalue weighted by Crippen LogP contribution is -2.60. The highest BCUT2D eigenvalue weighted by molar-refractivity contribution is 7.93. The molecule has 1 fully saturated rings. The molecule has 3 heterocycles. The number of fused-ring (bicyclic) bond motifs is 1. The Labute approximate surface area is 140 Å². The zero-order chi connectivity index (χ0) is 16.9. The zero-order valence-corrected chi connectivity index (χ0v) is 14.1. The number of aromatic nitrogens is 2. The van der Waals surface area contributed by atoms with Crippen molar-refractivity contribution in [2.45, 2.75) is 11.7 Å². The summed E-state index contributed by atoms with van der Waals surface area (Å²) in [5.74, 6) is -0.178. The Bertz CT molecular complexity index is 900. The van der Waals surface area contributed by atoms with Gasteiger partial charge in [0.05, 0.1) is 5.69 Å². The standard InChI is InChI=1S/C16H18N4O3S/c1-18-15(6-8-17-18)16(21)19-10-13(11-19)24(22,23)20-9-7-12-4-2-3-5-14(12)20/h2-6,8,13H,7,9-11H2,1H3. The van der Waals surface area contributed by atoms with Gasteiger partial charge in [-0.3, -0.25) is 13.8 Å². The molecular formula is C16H18N4O3S. The average Bonchev–Trinajstić information content (AvgIpc) is 3.11. The van der Waals surface area contributed by atoms with Crippen LogP contribution in [0.3, 0.4) is 0 Å². The normalized spacial score (nSPS) is 17.7. The molecule has 126 valence electrons. The number of nitrogens with zero attached hydrogens (tertiary/aromatic N) is 4. The first kappa shape index (κ1) is 15.2. The SMILES string of the molecule is Cn1nccc1C(=O)N1CC(S(=O)(=O)N2CCc3ccccc32)C1. The fraction of sp³-hybridized carbons (Fsp3) is 0.375. The smallest absolute Gasteiger partial charge is 0.272 e. The maximum atomic E-state index is 12.9. The van der Waals surface area contributed by atoms with Gasteiger partial charge in [0.2, 0.25) is 10.0 Å². The molecule has 0 spiro atoms. The number of benzene rings is 1. The Kier molecular flexibility index (Phi) is 3.38. The topological polar surface area (TPSA) is 75.5 Å². The Hall–Kier alpha value is -2.35. The minimum atomic E-state index is -3.44. The maximum Gasteiger partial charge on any atom is 0.272 e. The van der Waals surface area contributed by atoms with Gasteiger partial charge >= 0.3 is 0 Å². The van der Waals surface area contributed by atoms with E-state index in [2.05, 4.69) is 5.10 Å². The number of aryl methyl sites for hydroxylation is 1. The molecule has 2 aromatic rings. The number of hydrogen-bond donors (Lipinski definition) is 0. The van der Waals surface area contributed by atoms with Gasteiger partial charge < -0.3 is 4.90 Å². The highest BCUT2D eigenvalue weighted by Crippen LogP contribution is 2.33. The quantitative estimate of drug-likeness (QED) is 0.817.